The second-order valence-corrected chi connectivity index (χ2v) is 2.31. The molecule has 0 aliphatic heterocycles. The van der Waals surface area contributed by atoms with E-state index < -0.39 is 35.4 Å². The van der Waals surface area contributed by atoms with E-state index in [2.05, 4.69) is 0 Å². The molecule has 0 bridgehead atoms. The van der Waals surface area contributed by atoms with Gasteiger partial charge in [0.25, 0.3) is 5.78 Å². The van der Waals surface area contributed by atoms with Crippen LogP contribution in [-0.2, 0) is 19.2 Å². The van der Waals surface area contributed by atoms with Crippen LogP contribution in [0, 0.1) is 0 Å². The quantitative estimate of drug-likeness (QED) is 0.308. The zero-order chi connectivity index (χ0) is 12.2. The highest BCUT2D eigenvalue weighted by Crippen LogP contribution is 2.05. The molecule has 0 heterocycles. The van der Waals surface area contributed by atoms with Gasteiger partial charge in [0.05, 0.1) is 5.57 Å². The van der Waals surface area contributed by atoms with Crippen molar-refractivity contribution in [2.24, 2.45) is 0 Å². The van der Waals surface area contributed by atoms with Crippen LogP contribution < -0.4 is 0 Å². The van der Waals surface area contributed by atoms with E-state index in [0.717, 1.165) is 0 Å². The average molecular weight is 218 g/mol. The molecule has 0 saturated heterocycles. The molecule has 0 fully saturated rings. The maximum absolute atomic E-state index is 10.8. The molecule has 8 nitrogen and oxygen atoms in total. The molecule has 4 N–H and O–H groups in total. The normalized spacial score (nSPS) is 13.0. The van der Waals surface area contributed by atoms with Gasteiger partial charge in [-0.25, -0.2) is 14.4 Å². The largest absolute Gasteiger partial charge is 0.479 e. The summed E-state index contributed by atoms with van der Waals surface area (Å²) in [5, 5.41) is 33.5. The smallest absolute Gasteiger partial charge is 0.377 e. The third kappa shape index (κ3) is 3.56. The van der Waals surface area contributed by atoms with Gasteiger partial charge in [0.1, 0.15) is 0 Å². The number of aliphatic hydroxyl groups excluding tert-OH is 1. The predicted octanol–water partition coefficient (Wildman–Crippen LogP) is -1.90. The predicted molar refractivity (Wildman–Crippen MR) is 42.0 cm³/mol. The van der Waals surface area contributed by atoms with Crippen molar-refractivity contribution in [3.63, 3.8) is 0 Å². The Morgan fingerprint density at radius 2 is 1.47 bits per heavy atom. The second kappa shape index (κ2) is 4.86. The Bertz CT molecular complexity index is 352. The van der Waals surface area contributed by atoms with Crippen molar-refractivity contribution < 1.29 is 39.6 Å². The minimum absolute atomic E-state index is 0.0369. The number of aliphatic hydroxyl groups is 1. The van der Waals surface area contributed by atoms with E-state index in [1.807, 2.05) is 0 Å². The fourth-order valence-electron chi connectivity index (χ4n) is 0.658. The van der Waals surface area contributed by atoms with Gasteiger partial charge in [-0.2, -0.15) is 0 Å². The summed E-state index contributed by atoms with van der Waals surface area (Å²) in [5.41, 5.74) is -1.22. The highest BCUT2D eigenvalue weighted by Gasteiger charge is 2.29. The van der Waals surface area contributed by atoms with Crippen LogP contribution in [0.1, 0.15) is 0 Å². The van der Waals surface area contributed by atoms with Crippen LogP contribution in [0.5, 0.6) is 0 Å². The van der Waals surface area contributed by atoms with E-state index in [0.29, 0.717) is 0 Å². The fraction of sp³-hybridized carbons (Fsp3) is 0.143. The van der Waals surface area contributed by atoms with E-state index in [1.54, 1.807) is 0 Å². The number of rotatable bonds is 5. The number of hydrogen-bond donors (Lipinski definition) is 4. The fourth-order valence-corrected chi connectivity index (χ4v) is 0.658. The average Bonchev–Trinajstić information content (AvgIpc) is 2.11. The number of hydrogen-bond acceptors (Lipinski definition) is 5. The first-order chi connectivity index (χ1) is 6.77. The summed E-state index contributed by atoms with van der Waals surface area (Å²) in [6, 6.07) is 0. The summed E-state index contributed by atoms with van der Waals surface area (Å²) < 4.78 is 0. The van der Waals surface area contributed by atoms with Gasteiger partial charge in [-0.15, -0.1) is 0 Å². The zero-order valence-electron chi connectivity index (χ0n) is 7.08. The van der Waals surface area contributed by atoms with Gasteiger partial charge >= 0.3 is 17.9 Å². The summed E-state index contributed by atoms with van der Waals surface area (Å²) in [6.07, 6.45) is -2.44. The molecule has 0 radical (unpaired) electrons. The molecule has 0 aromatic rings. The van der Waals surface area contributed by atoms with Crippen molar-refractivity contribution in [1.82, 2.24) is 0 Å². The lowest BCUT2D eigenvalue weighted by Crippen LogP contribution is -2.31. The molecule has 8 heteroatoms. The van der Waals surface area contributed by atoms with Crippen molar-refractivity contribution in [3.8, 4) is 0 Å². The zero-order valence-corrected chi connectivity index (χ0v) is 7.08. The Morgan fingerprint density at radius 3 is 1.73 bits per heavy atom. The highest BCUT2D eigenvalue weighted by molar-refractivity contribution is 6.41. The van der Waals surface area contributed by atoms with Crippen LogP contribution in [0.4, 0.5) is 0 Å². The van der Waals surface area contributed by atoms with E-state index in [4.69, 9.17) is 20.4 Å². The number of carbonyl (C=O) groups is 4. The lowest BCUT2D eigenvalue weighted by atomic mass is 10.0. The Balaban J connectivity index is 5.25. The molecular weight excluding hydrogens is 212 g/mol. The van der Waals surface area contributed by atoms with E-state index in [9.17, 15) is 19.2 Å². The maximum atomic E-state index is 10.8. The van der Waals surface area contributed by atoms with Gasteiger partial charge in [-0.3, -0.25) is 4.79 Å². The number of Topliss-reactive ketones (excluding diaryl/α,β-unsaturated/α-hetero) is 1. The summed E-state index contributed by atoms with van der Waals surface area (Å²) in [6.45, 7) is 0. The monoisotopic (exact) mass is 218 g/mol. The molecule has 0 rings (SSSR count). The molecule has 0 spiro atoms. The summed E-state index contributed by atoms with van der Waals surface area (Å²) in [7, 11) is 0. The lowest BCUT2D eigenvalue weighted by molar-refractivity contribution is -0.150. The van der Waals surface area contributed by atoms with Crippen LogP contribution >= 0.6 is 0 Å². The Hall–Kier alpha value is -2.22. The van der Waals surface area contributed by atoms with Crippen LogP contribution in [0.25, 0.3) is 0 Å². The first-order valence-corrected chi connectivity index (χ1v) is 3.40. The molecule has 0 aliphatic rings. The van der Waals surface area contributed by atoms with Crippen LogP contribution in [-0.4, -0.2) is 50.2 Å². The second-order valence-electron chi connectivity index (χ2n) is 2.31. The Morgan fingerprint density at radius 1 is 1.00 bits per heavy atom. The molecule has 1 unspecified atom stereocenters. The molecule has 0 aromatic heterocycles. The molecule has 0 aliphatic carbocycles. The molecule has 15 heavy (non-hydrogen) atoms. The lowest BCUT2D eigenvalue weighted by Gasteiger charge is -2.05. The molecular formula is C7H6O8. The van der Waals surface area contributed by atoms with Gasteiger partial charge in [0.15, 0.2) is 6.10 Å². The van der Waals surface area contributed by atoms with E-state index >= 15 is 0 Å². The van der Waals surface area contributed by atoms with Crippen molar-refractivity contribution in [1.29, 1.82) is 0 Å². The molecule has 0 aromatic carbocycles. The molecule has 82 valence electrons. The summed E-state index contributed by atoms with van der Waals surface area (Å²) >= 11 is 0. The minimum Gasteiger partial charge on any atom is -0.479 e. The van der Waals surface area contributed by atoms with Gasteiger partial charge in [-0.05, 0) is 0 Å². The van der Waals surface area contributed by atoms with Crippen LogP contribution in [0.3, 0.4) is 0 Å². The standard InChI is InChI=1S/C7H6O8/c8-3(9)1-2(4(10)6(12)13)5(11)7(14)15/h1,4,10H,(H,8,9)(H,12,13)(H,14,15)/b2-1-. The summed E-state index contributed by atoms with van der Waals surface area (Å²) in [4.78, 5) is 41.3. The number of ketones is 1. The molecule has 0 amide bonds. The van der Waals surface area contributed by atoms with Crippen molar-refractivity contribution in [2.45, 2.75) is 6.10 Å². The number of carboxylic acid groups (broad SMARTS) is 3. The number of carbonyl (C=O) groups excluding carboxylic acids is 1. The third-order valence-corrected chi connectivity index (χ3v) is 1.26. The summed E-state index contributed by atoms with van der Waals surface area (Å²) in [5.74, 6) is -7.49. The van der Waals surface area contributed by atoms with Gasteiger partial charge in [0, 0.05) is 6.08 Å². The van der Waals surface area contributed by atoms with Crippen molar-refractivity contribution in [2.75, 3.05) is 0 Å². The van der Waals surface area contributed by atoms with Crippen molar-refractivity contribution >= 4 is 23.7 Å². The first-order valence-electron chi connectivity index (χ1n) is 3.40. The minimum atomic E-state index is -2.48. The number of aliphatic carboxylic acids is 3. The van der Waals surface area contributed by atoms with Crippen LogP contribution in [0.2, 0.25) is 0 Å². The topological polar surface area (TPSA) is 149 Å². The van der Waals surface area contributed by atoms with E-state index in [-0.39, 0.29) is 6.08 Å². The third-order valence-electron chi connectivity index (χ3n) is 1.26. The molecule has 0 saturated carbocycles. The Labute approximate surface area is 82.1 Å². The van der Waals surface area contributed by atoms with E-state index in [1.165, 1.54) is 0 Å². The van der Waals surface area contributed by atoms with Crippen molar-refractivity contribution in [3.05, 3.63) is 11.6 Å². The Kier molecular flexibility index (Phi) is 4.14. The highest BCUT2D eigenvalue weighted by atomic mass is 16.4. The number of carboxylic acids is 3. The van der Waals surface area contributed by atoms with Gasteiger partial charge in [-0.1, -0.05) is 0 Å². The van der Waals surface area contributed by atoms with Crippen LogP contribution in [0.15, 0.2) is 11.6 Å². The van der Waals surface area contributed by atoms with Gasteiger partial charge in [0.2, 0.25) is 0 Å². The molecule has 1 atom stereocenters. The van der Waals surface area contributed by atoms with Gasteiger partial charge < -0.3 is 20.4 Å². The first kappa shape index (κ1) is 12.8. The SMILES string of the molecule is O=C(O)/C=C(\C(=O)C(=O)O)C(O)C(=O)O. The maximum Gasteiger partial charge on any atom is 0.377 e.